The van der Waals surface area contributed by atoms with E-state index in [1.807, 2.05) is 0 Å². The topological polar surface area (TPSA) is 58.5 Å². The van der Waals surface area contributed by atoms with E-state index in [0.29, 0.717) is 22.6 Å². The molecular formula is C10H14ClN3O2. The normalized spacial score (nSPS) is 20.2. The third kappa shape index (κ3) is 2.05. The summed E-state index contributed by atoms with van der Waals surface area (Å²) in [6.07, 6.45) is 2.38. The summed E-state index contributed by atoms with van der Waals surface area (Å²) in [5.74, 6) is 1.51. The summed E-state index contributed by atoms with van der Waals surface area (Å²) in [7, 11) is 1.55. The Hall–Kier alpha value is -1.07. The van der Waals surface area contributed by atoms with Gasteiger partial charge in [0.25, 0.3) is 0 Å². The van der Waals surface area contributed by atoms with E-state index in [9.17, 15) is 0 Å². The number of anilines is 1. The summed E-state index contributed by atoms with van der Waals surface area (Å²) in [6, 6.07) is 0. The minimum absolute atomic E-state index is 0.206. The van der Waals surface area contributed by atoms with Gasteiger partial charge in [-0.25, -0.2) is 9.97 Å². The maximum absolute atomic E-state index is 9.10. The second-order valence-electron chi connectivity index (χ2n) is 3.80. The van der Waals surface area contributed by atoms with Gasteiger partial charge in [0.1, 0.15) is 6.33 Å². The van der Waals surface area contributed by atoms with Crippen molar-refractivity contribution in [3.63, 3.8) is 0 Å². The summed E-state index contributed by atoms with van der Waals surface area (Å²) < 4.78 is 5.20. The lowest BCUT2D eigenvalue weighted by molar-refractivity contribution is 0.238. The van der Waals surface area contributed by atoms with Crippen LogP contribution in [0.3, 0.4) is 0 Å². The van der Waals surface area contributed by atoms with Gasteiger partial charge in [0.05, 0.1) is 7.11 Å². The lowest BCUT2D eigenvalue weighted by Gasteiger charge is -2.19. The van der Waals surface area contributed by atoms with E-state index in [-0.39, 0.29) is 6.61 Å². The lowest BCUT2D eigenvalue weighted by atomic mass is 10.1. The molecule has 1 aromatic rings. The first-order chi connectivity index (χ1) is 7.76. The standard InChI is InChI=1S/C10H14ClN3O2/c1-16-8-9(11)12-6-13-10(8)14-3-2-7(4-14)5-15/h6-7,15H,2-5H2,1H3. The van der Waals surface area contributed by atoms with Gasteiger partial charge in [0, 0.05) is 25.6 Å². The Balaban J connectivity index is 2.24. The van der Waals surface area contributed by atoms with Crippen molar-refractivity contribution in [2.24, 2.45) is 5.92 Å². The van der Waals surface area contributed by atoms with Crippen LogP contribution in [0.5, 0.6) is 5.75 Å². The summed E-state index contributed by atoms with van der Waals surface area (Å²) in [6.45, 7) is 1.84. The van der Waals surface area contributed by atoms with Gasteiger partial charge in [-0.15, -0.1) is 0 Å². The predicted octanol–water partition coefficient (Wildman–Crippen LogP) is 0.957. The maximum Gasteiger partial charge on any atom is 0.199 e. The summed E-state index contributed by atoms with van der Waals surface area (Å²) in [5, 5.41) is 9.41. The van der Waals surface area contributed by atoms with E-state index in [0.717, 1.165) is 19.5 Å². The van der Waals surface area contributed by atoms with Gasteiger partial charge < -0.3 is 14.7 Å². The molecule has 1 N–H and O–H groups in total. The number of methoxy groups -OCH3 is 1. The molecule has 1 unspecified atom stereocenters. The highest BCUT2D eigenvalue weighted by Crippen LogP contribution is 2.34. The summed E-state index contributed by atoms with van der Waals surface area (Å²) in [4.78, 5) is 10.1. The molecule has 0 bridgehead atoms. The molecule has 1 aliphatic rings. The SMILES string of the molecule is COc1c(Cl)ncnc1N1CCC(CO)C1. The van der Waals surface area contributed by atoms with Crippen molar-refractivity contribution in [2.75, 3.05) is 31.7 Å². The Bertz CT molecular complexity index is 375. The van der Waals surface area contributed by atoms with Crippen LogP contribution in [0.25, 0.3) is 0 Å². The molecule has 2 heterocycles. The van der Waals surface area contributed by atoms with Gasteiger partial charge in [0.15, 0.2) is 16.7 Å². The van der Waals surface area contributed by atoms with Gasteiger partial charge in [-0.05, 0) is 6.42 Å². The Kier molecular flexibility index (Phi) is 3.46. The fourth-order valence-corrected chi connectivity index (χ4v) is 2.12. The summed E-state index contributed by atoms with van der Waals surface area (Å²) >= 11 is 5.93. The molecule has 16 heavy (non-hydrogen) atoms. The second-order valence-corrected chi connectivity index (χ2v) is 4.16. The minimum atomic E-state index is 0.206. The van der Waals surface area contributed by atoms with Gasteiger partial charge in [-0.3, -0.25) is 0 Å². The van der Waals surface area contributed by atoms with E-state index < -0.39 is 0 Å². The van der Waals surface area contributed by atoms with Gasteiger partial charge in [0.2, 0.25) is 0 Å². The molecule has 0 spiro atoms. The molecule has 2 rings (SSSR count). The molecule has 0 radical (unpaired) electrons. The molecule has 0 aromatic carbocycles. The number of hydrogen-bond acceptors (Lipinski definition) is 5. The molecule has 1 atom stereocenters. The molecule has 6 heteroatoms. The largest absolute Gasteiger partial charge is 0.490 e. The Morgan fingerprint density at radius 3 is 3.06 bits per heavy atom. The van der Waals surface area contributed by atoms with E-state index in [4.69, 9.17) is 21.4 Å². The van der Waals surface area contributed by atoms with Gasteiger partial charge in [-0.1, -0.05) is 11.6 Å². The molecule has 5 nitrogen and oxygen atoms in total. The highest BCUT2D eigenvalue weighted by molar-refractivity contribution is 6.31. The van der Waals surface area contributed by atoms with Crippen molar-refractivity contribution in [3.8, 4) is 5.75 Å². The summed E-state index contributed by atoms with van der Waals surface area (Å²) in [5.41, 5.74) is 0. The number of hydrogen-bond donors (Lipinski definition) is 1. The fraction of sp³-hybridized carbons (Fsp3) is 0.600. The van der Waals surface area contributed by atoms with Crippen molar-refractivity contribution in [1.82, 2.24) is 9.97 Å². The number of nitrogens with zero attached hydrogens (tertiary/aromatic N) is 3. The van der Waals surface area contributed by atoms with Gasteiger partial charge in [-0.2, -0.15) is 0 Å². The first-order valence-electron chi connectivity index (χ1n) is 5.16. The van der Waals surface area contributed by atoms with Crippen LogP contribution in [0.15, 0.2) is 6.33 Å². The molecule has 1 saturated heterocycles. The van der Waals surface area contributed by atoms with Crippen LogP contribution in [-0.2, 0) is 0 Å². The van der Waals surface area contributed by atoms with E-state index in [1.165, 1.54) is 6.33 Å². The zero-order valence-corrected chi connectivity index (χ0v) is 9.81. The van der Waals surface area contributed by atoms with Crippen molar-refractivity contribution in [1.29, 1.82) is 0 Å². The van der Waals surface area contributed by atoms with Crippen LogP contribution in [0.4, 0.5) is 5.82 Å². The number of halogens is 1. The van der Waals surface area contributed by atoms with E-state index >= 15 is 0 Å². The first-order valence-corrected chi connectivity index (χ1v) is 5.54. The van der Waals surface area contributed by atoms with Crippen LogP contribution < -0.4 is 9.64 Å². The van der Waals surface area contributed by atoms with Crippen LogP contribution >= 0.6 is 11.6 Å². The van der Waals surface area contributed by atoms with Crippen LogP contribution in [0, 0.1) is 5.92 Å². The van der Waals surface area contributed by atoms with Gasteiger partial charge >= 0.3 is 0 Å². The zero-order chi connectivity index (χ0) is 11.5. The van der Waals surface area contributed by atoms with Crippen LogP contribution in [0.1, 0.15) is 6.42 Å². The number of aliphatic hydroxyl groups excluding tert-OH is 1. The Labute approximate surface area is 99.0 Å². The Morgan fingerprint density at radius 2 is 2.44 bits per heavy atom. The molecule has 0 saturated carbocycles. The molecule has 88 valence electrons. The zero-order valence-electron chi connectivity index (χ0n) is 9.06. The highest BCUT2D eigenvalue weighted by atomic mass is 35.5. The van der Waals surface area contributed by atoms with E-state index in [2.05, 4.69) is 14.9 Å². The monoisotopic (exact) mass is 243 g/mol. The average molecular weight is 244 g/mol. The highest BCUT2D eigenvalue weighted by Gasteiger charge is 2.26. The van der Waals surface area contributed by atoms with Crippen molar-refractivity contribution in [3.05, 3.63) is 11.5 Å². The van der Waals surface area contributed by atoms with Crippen molar-refractivity contribution < 1.29 is 9.84 Å². The predicted molar refractivity (Wildman–Crippen MR) is 61.0 cm³/mol. The average Bonchev–Trinajstić information content (AvgIpc) is 2.77. The third-order valence-electron chi connectivity index (χ3n) is 2.79. The van der Waals surface area contributed by atoms with Crippen LogP contribution in [-0.4, -0.2) is 41.9 Å². The van der Waals surface area contributed by atoms with Crippen LogP contribution in [0.2, 0.25) is 5.15 Å². The minimum Gasteiger partial charge on any atom is -0.490 e. The number of aliphatic hydroxyl groups is 1. The number of rotatable bonds is 3. The smallest absolute Gasteiger partial charge is 0.199 e. The molecule has 0 amide bonds. The van der Waals surface area contributed by atoms with Crippen molar-refractivity contribution in [2.45, 2.75) is 6.42 Å². The van der Waals surface area contributed by atoms with Crippen molar-refractivity contribution >= 4 is 17.4 Å². The molecule has 0 aliphatic carbocycles. The quantitative estimate of drug-likeness (QED) is 0.802. The molecule has 1 aliphatic heterocycles. The van der Waals surface area contributed by atoms with E-state index in [1.54, 1.807) is 7.11 Å². The maximum atomic E-state index is 9.10. The number of aromatic nitrogens is 2. The third-order valence-corrected chi connectivity index (χ3v) is 3.06. The Morgan fingerprint density at radius 1 is 1.62 bits per heavy atom. The lowest BCUT2D eigenvalue weighted by Crippen LogP contribution is -2.22. The molecule has 1 fully saturated rings. The number of ether oxygens (including phenoxy) is 1. The molecular weight excluding hydrogens is 230 g/mol. The second kappa shape index (κ2) is 4.84. The first kappa shape index (κ1) is 11.4. The molecule has 1 aromatic heterocycles. The fourth-order valence-electron chi connectivity index (χ4n) is 1.92.